The first-order chi connectivity index (χ1) is 15.5. The lowest BCUT2D eigenvalue weighted by Gasteiger charge is -2.26. The van der Waals surface area contributed by atoms with Crippen LogP contribution >= 0.6 is 11.3 Å². The van der Waals surface area contributed by atoms with E-state index in [0.717, 1.165) is 27.8 Å². The molecule has 0 atom stereocenters. The average molecular weight is 452 g/mol. The summed E-state index contributed by atoms with van der Waals surface area (Å²) < 4.78 is 1.43. The van der Waals surface area contributed by atoms with E-state index in [0.29, 0.717) is 47.7 Å². The van der Waals surface area contributed by atoms with Gasteiger partial charge in [0.2, 0.25) is 0 Å². The van der Waals surface area contributed by atoms with Gasteiger partial charge in [0.05, 0.1) is 11.9 Å². The van der Waals surface area contributed by atoms with E-state index in [1.54, 1.807) is 11.9 Å². The molecule has 1 aromatic carbocycles. The number of benzene rings is 1. The molecule has 0 radical (unpaired) electrons. The normalized spacial score (nSPS) is 13.8. The number of aromatic nitrogens is 3. The fourth-order valence-corrected chi connectivity index (χ4v) is 5.43. The second kappa shape index (κ2) is 8.03. The summed E-state index contributed by atoms with van der Waals surface area (Å²) in [6.45, 7) is 2.62. The van der Waals surface area contributed by atoms with Crippen molar-refractivity contribution in [2.75, 3.05) is 46.1 Å². The third-order valence-electron chi connectivity index (χ3n) is 5.83. The highest BCUT2D eigenvalue weighted by Crippen LogP contribution is 2.34. The van der Waals surface area contributed by atoms with Crippen LogP contribution in [0.2, 0.25) is 0 Å². The van der Waals surface area contributed by atoms with Gasteiger partial charge in [0.1, 0.15) is 4.83 Å². The summed E-state index contributed by atoms with van der Waals surface area (Å²) in [6, 6.07) is 7.78. The highest BCUT2D eigenvalue weighted by molar-refractivity contribution is 7.18. The van der Waals surface area contributed by atoms with Gasteiger partial charge in [-0.1, -0.05) is 24.3 Å². The fourth-order valence-electron chi connectivity index (χ4n) is 4.20. The van der Waals surface area contributed by atoms with Gasteiger partial charge in [-0.2, -0.15) is 4.52 Å². The van der Waals surface area contributed by atoms with Crippen LogP contribution in [0.5, 0.6) is 0 Å². The quantitative estimate of drug-likeness (QED) is 0.462. The van der Waals surface area contributed by atoms with Gasteiger partial charge in [0, 0.05) is 42.3 Å². The summed E-state index contributed by atoms with van der Waals surface area (Å²) in [5.74, 6) is 0.674. The summed E-state index contributed by atoms with van der Waals surface area (Å²) in [6.07, 6.45) is 0.632. The van der Waals surface area contributed by atoms with Gasteiger partial charge in [-0.25, -0.2) is 9.78 Å². The topological polar surface area (TPSA) is 94.9 Å². The van der Waals surface area contributed by atoms with E-state index in [9.17, 15) is 9.59 Å². The molecule has 0 fully saturated rings. The maximum atomic E-state index is 13.6. The van der Waals surface area contributed by atoms with E-state index in [1.165, 1.54) is 15.9 Å². The van der Waals surface area contributed by atoms with Gasteiger partial charge in [0.25, 0.3) is 5.56 Å². The van der Waals surface area contributed by atoms with Crippen molar-refractivity contribution >= 4 is 49.8 Å². The van der Waals surface area contributed by atoms with Crippen LogP contribution in [0, 0.1) is 0 Å². The SMILES string of the molecule is CNC(=O)N1CCc2c(sc3nc4c5ccccc5c(NCCN(C)C)nn4c(=O)c23)C1. The summed E-state index contributed by atoms with van der Waals surface area (Å²) >= 11 is 1.50. The lowest BCUT2D eigenvalue weighted by molar-refractivity contribution is 0.195. The van der Waals surface area contributed by atoms with Crippen molar-refractivity contribution in [1.29, 1.82) is 0 Å². The number of hydrogen-bond acceptors (Lipinski definition) is 7. The molecule has 4 aromatic rings. The number of likely N-dealkylation sites (N-methyl/N-ethyl adjacent to an activating group) is 1. The van der Waals surface area contributed by atoms with Crippen LogP contribution < -0.4 is 16.2 Å². The second-order valence-electron chi connectivity index (χ2n) is 8.19. The predicted molar refractivity (Wildman–Crippen MR) is 128 cm³/mol. The van der Waals surface area contributed by atoms with Gasteiger partial charge >= 0.3 is 6.03 Å². The molecule has 0 bridgehead atoms. The lowest BCUT2D eigenvalue weighted by Crippen LogP contribution is -2.40. The Morgan fingerprint density at radius 2 is 2.03 bits per heavy atom. The van der Waals surface area contributed by atoms with Crippen LogP contribution in [0.4, 0.5) is 10.6 Å². The summed E-state index contributed by atoms with van der Waals surface area (Å²) in [7, 11) is 5.66. The summed E-state index contributed by atoms with van der Waals surface area (Å²) in [4.78, 5) is 36.1. The first kappa shape index (κ1) is 20.7. The Morgan fingerprint density at radius 3 is 2.78 bits per heavy atom. The monoisotopic (exact) mass is 451 g/mol. The third-order valence-corrected chi connectivity index (χ3v) is 6.94. The van der Waals surface area contributed by atoms with E-state index in [4.69, 9.17) is 4.98 Å². The number of carbonyl (C=O) groups is 1. The number of hydrogen-bond donors (Lipinski definition) is 2. The predicted octanol–water partition coefficient (Wildman–Crippen LogP) is 2.13. The van der Waals surface area contributed by atoms with Gasteiger partial charge in [-0.3, -0.25) is 4.79 Å². The fraction of sp³-hybridized carbons (Fsp3) is 0.364. The minimum absolute atomic E-state index is 0.107. The summed E-state index contributed by atoms with van der Waals surface area (Å²) in [5, 5.41) is 13.2. The Balaban J connectivity index is 1.69. The van der Waals surface area contributed by atoms with E-state index >= 15 is 0 Å². The van der Waals surface area contributed by atoms with Crippen molar-refractivity contribution in [2.24, 2.45) is 0 Å². The highest BCUT2D eigenvalue weighted by atomic mass is 32.1. The average Bonchev–Trinajstić information content (AvgIpc) is 3.16. The molecule has 0 unspecified atom stereocenters. The van der Waals surface area contributed by atoms with E-state index in [1.807, 2.05) is 38.4 Å². The smallest absolute Gasteiger partial charge is 0.317 e. The number of urea groups is 1. The molecule has 10 heteroatoms. The van der Waals surface area contributed by atoms with Crippen molar-refractivity contribution in [3.05, 3.63) is 45.1 Å². The maximum Gasteiger partial charge on any atom is 0.317 e. The Bertz CT molecular complexity index is 1410. The number of anilines is 1. The van der Waals surface area contributed by atoms with Gasteiger partial charge < -0.3 is 20.4 Å². The van der Waals surface area contributed by atoms with Crippen LogP contribution in [0.15, 0.2) is 29.1 Å². The molecule has 1 aliphatic heterocycles. The number of thiophene rings is 1. The van der Waals surface area contributed by atoms with Crippen molar-refractivity contribution < 1.29 is 4.79 Å². The van der Waals surface area contributed by atoms with Gasteiger partial charge in [-0.05, 0) is 26.1 Å². The van der Waals surface area contributed by atoms with E-state index < -0.39 is 0 Å². The van der Waals surface area contributed by atoms with E-state index in [2.05, 4.69) is 20.6 Å². The lowest BCUT2D eigenvalue weighted by atomic mass is 10.1. The van der Waals surface area contributed by atoms with Crippen LogP contribution in [-0.2, 0) is 13.0 Å². The Labute approximate surface area is 188 Å². The van der Waals surface area contributed by atoms with Crippen molar-refractivity contribution in [3.8, 4) is 0 Å². The zero-order valence-electron chi connectivity index (χ0n) is 18.3. The van der Waals surface area contributed by atoms with Crippen LogP contribution in [0.25, 0.3) is 26.6 Å². The van der Waals surface area contributed by atoms with Crippen molar-refractivity contribution in [2.45, 2.75) is 13.0 Å². The van der Waals surface area contributed by atoms with Gasteiger partial charge in [0.15, 0.2) is 11.5 Å². The molecule has 5 rings (SSSR count). The molecular weight excluding hydrogens is 426 g/mol. The Morgan fingerprint density at radius 1 is 1.25 bits per heavy atom. The molecule has 2 amide bonds. The van der Waals surface area contributed by atoms with Crippen molar-refractivity contribution in [1.82, 2.24) is 29.7 Å². The molecule has 32 heavy (non-hydrogen) atoms. The molecular formula is C22H25N7O2S. The largest absolute Gasteiger partial charge is 0.367 e. The molecule has 4 heterocycles. The molecule has 9 nitrogen and oxygen atoms in total. The molecule has 0 saturated carbocycles. The number of rotatable bonds is 4. The second-order valence-corrected chi connectivity index (χ2v) is 9.27. The minimum atomic E-state index is -0.155. The van der Waals surface area contributed by atoms with Crippen LogP contribution in [0.3, 0.4) is 0 Å². The highest BCUT2D eigenvalue weighted by Gasteiger charge is 2.27. The molecule has 0 spiro atoms. The number of nitrogens with zero attached hydrogens (tertiary/aromatic N) is 5. The van der Waals surface area contributed by atoms with Crippen LogP contribution in [-0.4, -0.2) is 71.2 Å². The standard InChI is InChI=1S/C22H25N7O2S/c1-23-22(31)28-10-8-15-16(12-28)32-20-17(15)21(30)29-19(25-20)14-7-5-4-6-13(14)18(26-29)24-9-11-27(2)3/h4-7H,8-12H2,1-3H3,(H,23,31)(H,24,26). The number of amides is 2. The van der Waals surface area contributed by atoms with Gasteiger partial charge in [-0.15, -0.1) is 16.4 Å². The maximum absolute atomic E-state index is 13.6. The Hall–Kier alpha value is -3.24. The molecule has 0 saturated heterocycles. The zero-order chi connectivity index (χ0) is 22.4. The molecule has 3 aromatic heterocycles. The molecule has 166 valence electrons. The minimum Gasteiger partial charge on any atom is -0.367 e. The molecule has 2 N–H and O–H groups in total. The van der Waals surface area contributed by atoms with Crippen molar-refractivity contribution in [3.63, 3.8) is 0 Å². The molecule has 1 aliphatic rings. The van der Waals surface area contributed by atoms with Crippen LogP contribution in [0.1, 0.15) is 10.4 Å². The molecule has 0 aliphatic carbocycles. The number of fused-ring (bicyclic) bond motifs is 6. The first-order valence-electron chi connectivity index (χ1n) is 10.6. The van der Waals surface area contributed by atoms with E-state index in [-0.39, 0.29) is 11.6 Å². The Kier molecular flexibility index (Phi) is 5.18. The number of carbonyl (C=O) groups excluding carboxylic acids is 1. The number of nitrogens with one attached hydrogen (secondary N) is 2. The first-order valence-corrected chi connectivity index (χ1v) is 11.4. The summed E-state index contributed by atoms with van der Waals surface area (Å²) in [5.41, 5.74) is 1.39. The zero-order valence-corrected chi connectivity index (χ0v) is 19.1. The third kappa shape index (κ3) is 3.35.